The van der Waals surface area contributed by atoms with E-state index in [1.54, 1.807) is 12.1 Å². The lowest BCUT2D eigenvalue weighted by Crippen LogP contribution is -2.08. The van der Waals surface area contributed by atoms with Crippen molar-refractivity contribution < 1.29 is 19.4 Å². The predicted octanol–water partition coefficient (Wildman–Crippen LogP) is 0.687. The molecule has 1 heterocycles. The second kappa shape index (κ2) is 5.31. The van der Waals surface area contributed by atoms with Gasteiger partial charge in [0.05, 0.1) is 26.7 Å². The molecule has 0 radical (unpaired) electrons. The molecule has 0 amide bonds. The minimum Gasteiger partial charge on any atom is -0.481 e. The van der Waals surface area contributed by atoms with Crippen molar-refractivity contribution in [2.24, 2.45) is 0 Å². The van der Waals surface area contributed by atoms with E-state index in [4.69, 9.17) is 4.74 Å². The molecule has 0 bridgehead atoms. The summed E-state index contributed by atoms with van der Waals surface area (Å²) in [6, 6.07) is 3.27. The third-order valence-electron chi connectivity index (χ3n) is 1.94. The first kappa shape index (κ1) is 11.5. The van der Waals surface area contributed by atoms with E-state index in [1.165, 1.54) is 20.4 Å². The Kier molecular flexibility index (Phi) is 4.05. The van der Waals surface area contributed by atoms with Crippen molar-refractivity contribution in [3.8, 4) is 5.88 Å². The molecule has 0 spiro atoms. The van der Waals surface area contributed by atoms with Crippen molar-refractivity contribution >= 4 is 5.97 Å². The first-order chi connectivity index (χ1) is 7.17. The maximum absolute atomic E-state index is 10.9. The first-order valence-electron chi connectivity index (χ1n) is 4.42. The molecule has 1 rings (SSSR count). The predicted molar refractivity (Wildman–Crippen MR) is 52.4 cm³/mol. The number of carbonyl (C=O) groups is 1. The van der Waals surface area contributed by atoms with Crippen LogP contribution in [0.2, 0.25) is 0 Å². The average molecular weight is 211 g/mol. The SMILES string of the molecule is COC(=O)C[C@H](O)c1ccc(OC)nc1. The third kappa shape index (κ3) is 3.21. The number of ether oxygens (including phenoxy) is 2. The van der Waals surface area contributed by atoms with Crippen molar-refractivity contribution in [3.63, 3.8) is 0 Å². The normalized spacial score (nSPS) is 11.9. The second-order valence-electron chi connectivity index (χ2n) is 2.93. The van der Waals surface area contributed by atoms with E-state index in [-0.39, 0.29) is 6.42 Å². The zero-order chi connectivity index (χ0) is 11.3. The summed E-state index contributed by atoms with van der Waals surface area (Å²) < 4.78 is 9.31. The molecule has 1 aromatic heterocycles. The molecule has 1 atom stereocenters. The van der Waals surface area contributed by atoms with E-state index in [0.717, 1.165) is 0 Å². The number of aliphatic hydroxyl groups is 1. The molecule has 0 aromatic carbocycles. The monoisotopic (exact) mass is 211 g/mol. The molecule has 0 aliphatic carbocycles. The molecule has 5 heteroatoms. The Morgan fingerprint density at radius 2 is 2.27 bits per heavy atom. The summed E-state index contributed by atoms with van der Waals surface area (Å²) in [6.45, 7) is 0. The average Bonchev–Trinajstić information content (AvgIpc) is 2.29. The van der Waals surface area contributed by atoms with Gasteiger partial charge in [-0.25, -0.2) is 4.98 Å². The van der Waals surface area contributed by atoms with Gasteiger partial charge in [0.1, 0.15) is 0 Å². The van der Waals surface area contributed by atoms with E-state index in [9.17, 15) is 9.90 Å². The van der Waals surface area contributed by atoms with Crippen molar-refractivity contribution in [2.75, 3.05) is 14.2 Å². The fourth-order valence-electron chi connectivity index (χ4n) is 1.07. The van der Waals surface area contributed by atoms with Crippen molar-refractivity contribution in [1.29, 1.82) is 0 Å². The lowest BCUT2D eigenvalue weighted by molar-refractivity contribution is -0.142. The minimum absolute atomic E-state index is 0.0789. The lowest BCUT2D eigenvalue weighted by Gasteiger charge is -2.09. The molecule has 5 nitrogen and oxygen atoms in total. The van der Waals surface area contributed by atoms with Gasteiger partial charge in [0, 0.05) is 12.3 Å². The Bertz CT molecular complexity index is 323. The highest BCUT2D eigenvalue weighted by Gasteiger charge is 2.13. The molecule has 82 valence electrons. The molecule has 0 fully saturated rings. The highest BCUT2D eigenvalue weighted by molar-refractivity contribution is 5.70. The summed E-state index contributed by atoms with van der Waals surface area (Å²) in [7, 11) is 2.79. The third-order valence-corrected chi connectivity index (χ3v) is 1.94. The molecule has 0 aliphatic heterocycles. The number of hydrogen-bond acceptors (Lipinski definition) is 5. The smallest absolute Gasteiger partial charge is 0.308 e. The minimum atomic E-state index is -0.893. The van der Waals surface area contributed by atoms with Crippen molar-refractivity contribution in [3.05, 3.63) is 23.9 Å². The number of rotatable bonds is 4. The maximum atomic E-state index is 10.9. The standard InChI is InChI=1S/C10H13NO4/c1-14-9-4-3-7(6-11-9)8(12)5-10(13)15-2/h3-4,6,8,12H,5H2,1-2H3/t8-/m0/s1. The fraction of sp³-hybridized carbons (Fsp3) is 0.400. The van der Waals surface area contributed by atoms with E-state index in [1.807, 2.05) is 0 Å². The van der Waals surface area contributed by atoms with Gasteiger partial charge in [0.25, 0.3) is 0 Å². The van der Waals surface area contributed by atoms with Crippen LogP contribution in [0.3, 0.4) is 0 Å². The Balaban J connectivity index is 2.65. The van der Waals surface area contributed by atoms with Gasteiger partial charge in [-0.05, 0) is 11.6 Å². The Hall–Kier alpha value is -1.62. The topological polar surface area (TPSA) is 68.7 Å². The first-order valence-corrected chi connectivity index (χ1v) is 4.42. The molecule has 15 heavy (non-hydrogen) atoms. The number of hydrogen-bond donors (Lipinski definition) is 1. The summed E-state index contributed by atoms with van der Waals surface area (Å²) in [5.41, 5.74) is 0.557. The highest BCUT2D eigenvalue weighted by Crippen LogP contribution is 2.17. The van der Waals surface area contributed by atoms with Gasteiger partial charge in [0.15, 0.2) is 0 Å². The van der Waals surface area contributed by atoms with Crippen LogP contribution in [0, 0.1) is 0 Å². The molecule has 1 N–H and O–H groups in total. The summed E-state index contributed by atoms with van der Waals surface area (Å²) in [5, 5.41) is 9.60. The van der Waals surface area contributed by atoms with Crippen LogP contribution in [-0.4, -0.2) is 30.3 Å². The van der Waals surface area contributed by atoms with Crippen LogP contribution in [-0.2, 0) is 9.53 Å². The quantitative estimate of drug-likeness (QED) is 0.742. The van der Waals surface area contributed by atoms with E-state index in [0.29, 0.717) is 11.4 Å². The number of pyridine rings is 1. The molecular weight excluding hydrogens is 198 g/mol. The van der Waals surface area contributed by atoms with Crippen LogP contribution >= 0.6 is 0 Å². The number of carbonyl (C=O) groups excluding carboxylic acids is 1. The summed E-state index contributed by atoms with van der Waals surface area (Å²) in [4.78, 5) is 14.8. The molecule has 0 saturated carbocycles. The van der Waals surface area contributed by atoms with Crippen LogP contribution in [0.25, 0.3) is 0 Å². The van der Waals surface area contributed by atoms with Crippen LogP contribution in [0.4, 0.5) is 0 Å². The number of methoxy groups -OCH3 is 2. The van der Waals surface area contributed by atoms with Crippen LogP contribution in [0.15, 0.2) is 18.3 Å². The summed E-state index contributed by atoms with van der Waals surface area (Å²) in [6.07, 6.45) is 0.493. The summed E-state index contributed by atoms with van der Waals surface area (Å²) in [5.74, 6) is 0.00216. The fourth-order valence-corrected chi connectivity index (χ4v) is 1.07. The molecular formula is C10H13NO4. The van der Waals surface area contributed by atoms with Crippen LogP contribution < -0.4 is 4.74 Å². The van der Waals surface area contributed by atoms with Crippen LogP contribution in [0.1, 0.15) is 18.1 Å². The molecule has 0 saturated heterocycles. The second-order valence-corrected chi connectivity index (χ2v) is 2.93. The van der Waals surface area contributed by atoms with Gasteiger partial charge in [-0.2, -0.15) is 0 Å². The van der Waals surface area contributed by atoms with Gasteiger partial charge < -0.3 is 14.6 Å². The largest absolute Gasteiger partial charge is 0.481 e. The Morgan fingerprint density at radius 1 is 1.53 bits per heavy atom. The number of aliphatic hydroxyl groups excluding tert-OH is 1. The van der Waals surface area contributed by atoms with Gasteiger partial charge >= 0.3 is 5.97 Å². The summed E-state index contributed by atoms with van der Waals surface area (Å²) >= 11 is 0. The number of aromatic nitrogens is 1. The molecule has 0 aliphatic rings. The van der Waals surface area contributed by atoms with E-state index < -0.39 is 12.1 Å². The Labute approximate surface area is 87.7 Å². The van der Waals surface area contributed by atoms with Crippen molar-refractivity contribution in [2.45, 2.75) is 12.5 Å². The number of esters is 1. The highest BCUT2D eigenvalue weighted by atomic mass is 16.5. The molecule has 1 aromatic rings. The Morgan fingerprint density at radius 3 is 2.73 bits per heavy atom. The van der Waals surface area contributed by atoms with Gasteiger partial charge in [-0.3, -0.25) is 4.79 Å². The van der Waals surface area contributed by atoms with Gasteiger partial charge in [0.2, 0.25) is 5.88 Å². The van der Waals surface area contributed by atoms with Gasteiger partial charge in [-0.1, -0.05) is 0 Å². The number of nitrogens with zero attached hydrogens (tertiary/aromatic N) is 1. The lowest BCUT2D eigenvalue weighted by atomic mass is 10.1. The van der Waals surface area contributed by atoms with Gasteiger partial charge in [-0.15, -0.1) is 0 Å². The van der Waals surface area contributed by atoms with E-state index >= 15 is 0 Å². The van der Waals surface area contributed by atoms with Crippen LogP contribution in [0.5, 0.6) is 5.88 Å². The zero-order valence-electron chi connectivity index (χ0n) is 8.64. The molecule has 0 unspecified atom stereocenters. The zero-order valence-corrected chi connectivity index (χ0v) is 8.64. The maximum Gasteiger partial charge on any atom is 0.308 e. The van der Waals surface area contributed by atoms with E-state index in [2.05, 4.69) is 9.72 Å². The van der Waals surface area contributed by atoms with Crippen molar-refractivity contribution in [1.82, 2.24) is 4.98 Å².